The van der Waals surface area contributed by atoms with Crippen molar-refractivity contribution >= 4 is 34.8 Å². The lowest BCUT2D eigenvalue weighted by Crippen LogP contribution is -2.53. The number of hydrogen-bond acceptors (Lipinski definition) is 5. The van der Waals surface area contributed by atoms with Gasteiger partial charge in [0.25, 0.3) is 5.91 Å². The van der Waals surface area contributed by atoms with E-state index in [1.54, 1.807) is 4.90 Å². The number of rotatable bonds is 5. The number of amides is 2. The molecule has 2 aliphatic heterocycles. The van der Waals surface area contributed by atoms with Crippen LogP contribution in [0.3, 0.4) is 0 Å². The van der Waals surface area contributed by atoms with Gasteiger partial charge in [0.1, 0.15) is 5.82 Å². The van der Waals surface area contributed by atoms with Crippen LogP contribution in [0, 0.1) is 11.6 Å². The van der Waals surface area contributed by atoms with Crippen molar-refractivity contribution in [3.8, 4) is 17.0 Å². The molecular weight excluding hydrogens is 504 g/mol. The van der Waals surface area contributed by atoms with Gasteiger partial charge in [0.2, 0.25) is 5.91 Å². The van der Waals surface area contributed by atoms with Gasteiger partial charge in [0.15, 0.2) is 11.6 Å². The van der Waals surface area contributed by atoms with E-state index in [1.165, 1.54) is 31.5 Å². The number of pyridine rings is 1. The number of H-pyrrole nitrogens is 1. The molecular formula is C26H24ClF2N5O3. The Balaban J connectivity index is 1.68. The highest BCUT2D eigenvalue weighted by Gasteiger charge is 2.46. The molecule has 3 aromatic rings. The van der Waals surface area contributed by atoms with Gasteiger partial charge in [-0.05, 0) is 31.1 Å². The van der Waals surface area contributed by atoms with Crippen molar-refractivity contribution < 1.29 is 23.1 Å². The highest BCUT2D eigenvalue weighted by atomic mass is 35.5. The van der Waals surface area contributed by atoms with Crippen molar-refractivity contribution in [2.45, 2.75) is 18.3 Å². The monoisotopic (exact) mass is 527 g/mol. The second kappa shape index (κ2) is 9.51. The first-order valence-electron chi connectivity index (χ1n) is 11.6. The Bertz CT molecular complexity index is 1420. The van der Waals surface area contributed by atoms with Gasteiger partial charge in [0.05, 0.1) is 41.0 Å². The summed E-state index contributed by atoms with van der Waals surface area (Å²) in [5, 5.41) is 6.08. The number of likely N-dealkylation sites (tertiary alicyclic amines) is 1. The van der Waals surface area contributed by atoms with Crippen LogP contribution in [-0.2, 0) is 10.2 Å². The van der Waals surface area contributed by atoms with Crippen LogP contribution in [0.25, 0.3) is 11.3 Å². The minimum absolute atomic E-state index is 0.0335. The van der Waals surface area contributed by atoms with Gasteiger partial charge in [-0.25, -0.2) is 8.78 Å². The number of ether oxygens (including phenoxy) is 1. The van der Waals surface area contributed by atoms with E-state index in [4.69, 9.17) is 16.3 Å². The van der Waals surface area contributed by atoms with Crippen molar-refractivity contribution in [3.63, 3.8) is 0 Å². The smallest absolute Gasteiger partial charge is 0.255 e. The van der Waals surface area contributed by atoms with Gasteiger partial charge in [-0.2, -0.15) is 0 Å². The Morgan fingerprint density at radius 2 is 2.08 bits per heavy atom. The van der Waals surface area contributed by atoms with Crippen LogP contribution in [0.5, 0.6) is 5.75 Å². The summed E-state index contributed by atoms with van der Waals surface area (Å²) in [4.78, 5) is 34.3. The first-order valence-corrected chi connectivity index (χ1v) is 12.0. The number of nitrogens with zero attached hydrogens (tertiary/aromatic N) is 2. The number of nitrogens with one attached hydrogen (secondary N) is 3. The average molecular weight is 528 g/mol. The summed E-state index contributed by atoms with van der Waals surface area (Å²) in [5.41, 5.74) is 1.28. The predicted molar refractivity (Wildman–Crippen MR) is 135 cm³/mol. The maximum Gasteiger partial charge on any atom is 0.255 e. The third-order valence-corrected chi connectivity index (χ3v) is 7.35. The molecule has 1 aromatic carbocycles. The van der Waals surface area contributed by atoms with Crippen LogP contribution in [0.4, 0.5) is 20.2 Å². The highest BCUT2D eigenvalue weighted by Crippen LogP contribution is 2.47. The number of halogens is 3. The van der Waals surface area contributed by atoms with E-state index in [0.717, 1.165) is 12.3 Å². The van der Waals surface area contributed by atoms with Crippen LogP contribution >= 0.6 is 11.6 Å². The summed E-state index contributed by atoms with van der Waals surface area (Å²) < 4.78 is 34.7. The van der Waals surface area contributed by atoms with Crippen molar-refractivity contribution in [2.75, 3.05) is 32.1 Å². The lowest BCUT2D eigenvalue weighted by atomic mass is 9.72. The molecule has 1 saturated heterocycles. The van der Waals surface area contributed by atoms with Crippen LogP contribution in [0.2, 0.25) is 5.02 Å². The van der Waals surface area contributed by atoms with Crippen LogP contribution in [-0.4, -0.2) is 53.4 Å². The van der Waals surface area contributed by atoms with Crippen molar-refractivity contribution in [3.05, 3.63) is 71.2 Å². The molecule has 0 saturated carbocycles. The molecule has 2 aromatic heterocycles. The fourth-order valence-electron chi connectivity index (χ4n) is 5.16. The molecule has 5 rings (SSSR count). The molecule has 2 amide bonds. The quantitative estimate of drug-likeness (QED) is 0.423. The predicted octanol–water partition coefficient (Wildman–Crippen LogP) is 4.55. The van der Waals surface area contributed by atoms with E-state index in [9.17, 15) is 18.4 Å². The number of fused-ring (bicyclic) bond motifs is 2. The minimum Gasteiger partial charge on any atom is -0.493 e. The highest BCUT2D eigenvalue weighted by molar-refractivity contribution is 6.32. The number of carbonyl (C=O) groups is 2. The van der Waals surface area contributed by atoms with Gasteiger partial charge < -0.3 is 25.3 Å². The van der Waals surface area contributed by atoms with E-state index < -0.39 is 17.0 Å². The molecule has 37 heavy (non-hydrogen) atoms. The van der Waals surface area contributed by atoms with Gasteiger partial charge in [-0.15, -0.1) is 0 Å². The van der Waals surface area contributed by atoms with Crippen molar-refractivity contribution in [1.29, 1.82) is 0 Å². The largest absolute Gasteiger partial charge is 0.493 e. The van der Waals surface area contributed by atoms with E-state index >= 15 is 0 Å². The third-order valence-electron chi connectivity index (χ3n) is 7.07. The SMILES string of the molecule is C=CC(=O)N1CCC2(CC1)CNC(=O)c1c2[nH]c(-c2ccncc2F)c1Nc1cc(F)cc(Cl)c1OC. The van der Waals surface area contributed by atoms with Gasteiger partial charge in [0, 0.05) is 48.6 Å². The Morgan fingerprint density at radius 3 is 2.76 bits per heavy atom. The van der Waals surface area contributed by atoms with E-state index in [-0.39, 0.29) is 45.1 Å². The lowest BCUT2D eigenvalue weighted by Gasteiger charge is -2.43. The van der Waals surface area contributed by atoms with E-state index in [1.807, 2.05) is 0 Å². The van der Waals surface area contributed by atoms with Gasteiger partial charge >= 0.3 is 0 Å². The standard InChI is InChI=1S/C26H24ClF2N5O3/c1-3-19(35)34-8-5-26(6-9-34)13-31-25(36)20-22(32-18-11-14(28)10-16(27)23(18)37-2)21(33-24(20)26)15-4-7-30-12-17(15)29/h3-4,7,10-12,32-33H,1,5-6,8-9,13H2,2H3,(H,31,36). The van der Waals surface area contributed by atoms with E-state index in [2.05, 4.69) is 27.2 Å². The summed E-state index contributed by atoms with van der Waals surface area (Å²) in [6.07, 6.45) is 4.93. The molecule has 4 heterocycles. The number of anilines is 2. The summed E-state index contributed by atoms with van der Waals surface area (Å²) in [5.74, 6) is -1.57. The number of methoxy groups -OCH3 is 1. The molecule has 8 nitrogen and oxygen atoms in total. The zero-order valence-electron chi connectivity index (χ0n) is 20.0. The van der Waals surface area contributed by atoms with Gasteiger partial charge in [-0.3, -0.25) is 14.6 Å². The molecule has 3 N–H and O–H groups in total. The number of piperidine rings is 1. The second-order valence-electron chi connectivity index (χ2n) is 9.07. The fraction of sp³-hybridized carbons (Fsp3) is 0.269. The first-order chi connectivity index (χ1) is 17.8. The summed E-state index contributed by atoms with van der Waals surface area (Å²) in [6.45, 7) is 4.84. The zero-order chi connectivity index (χ0) is 26.3. The number of aromatic amines is 1. The topological polar surface area (TPSA) is 99.4 Å². The molecule has 0 atom stereocenters. The van der Waals surface area contributed by atoms with Crippen LogP contribution < -0.4 is 15.4 Å². The molecule has 0 unspecified atom stereocenters. The molecule has 0 aliphatic carbocycles. The van der Waals surface area contributed by atoms with Crippen LogP contribution in [0.15, 0.2) is 43.2 Å². The Hall–Kier alpha value is -3.92. The Kier molecular flexibility index (Phi) is 6.36. The minimum atomic E-state index is -0.616. The number of benzene rings is 1. The molecule has 1 fully saturated rings. The Morgan fingerprint density at radius 1 is 1.32 bits per heavy atom. The molecule has 0 bridgehead atoms. The maximum atomic E-state index is 15.0. The normalized spacial score (nSPS) is 16.2. The summed E-state index contributed by atoms with van der Waals surface area (Å²) in [7, 11) is 1.39. The molecule has 11 heteroatoms. The second-order valence-corrected chi connectivity index (χ2v) is 9.47. The number of hydrogen-bond donors (Lipinski definition) is 3. The van der Waals surface area contributed by atoms with E-state index in [0.29, 0.717) is 43.9 Å². The fourth-order valence-corrected chi connectivity index (χ4v) is 5.45. The van der Waals surface area contributed by atoms with Crippen molar-refractivity contribution in [1.82, 2.24) is 20.2 Å². The molecule has 1 spiro atoms. The zero-order valence-corrected chi connectivity index (χ0v) is 20.7. The summed E-state index contributed by atoms with van der Waals surface area (Å²) in [6, 6.07) is 3.79. The van der Waals surface area contributed by atoms with Crippen LogP contribution in [0.1, 0.15) is 28.9 Å². The Labute approximate surface area is 216 Å². The number of aromatic nitrogens is 2. The maximum absolute atomic E-state index is 15.0. The lowest BCUT2D eigenvalue weighted by molar-refractivity contribution is -0.127. The first kappa shape index (κ1) is 24.8. The van der Waals surface area contributed by atoms with Crippen molar-refractivity contribution in [2.24, 2.45) is 0 Å². The van der Waals surface area contributed by atoms with Gasteiger partial charge in [-0.1, -0.05) is 18.2 Å². The average Bonchev–Trinajstić information content (AvgIpc) is 3.27. The number of carbonyl (C=O) groups excluding carboxylic acids is 2. The molecule has 0 radical (unpaired) electrons. The third kappa shape index (κ3) is 4.21. The molecule has 2 aliphatic rings. The molecule has 192 valence electrons. The summed E-state index contributed by atoms with van der Waals surface area (Å²) >= 11 is 6.20.